The average molecular weight is 300 g/mol. The maximum atomic E-state index is 5.92. The number of anilines is 2. The maximum Gasteiger partial charge on any atom is 0.224 e. The van der Waals surface area contributed by atoms with Crippen LogP contribution in [0.4, 0.5) is 11.8 Å². The molecule has 0 spiro atoms. The van der Waals surface area contributed by atoms with E-state index in [-0.39, 0.29) is 0 Å². The fourth-order valence-corrected chi connectivity index (χ4v) is 3.42. The van der Waals surface area contributed by atoms with Gasteiger partial charge in [-0.15, -0.1) is 0 Å². The van der Waals surface area contributed by atoms with Crippen LogP contribution in [0.25, 0.3) is 5.82 Å². The highest BCUT2D eigenvalue weighted by molar-refractivity contribution is 5.49. The molecule has 2 atom stereocenters. The predicted octanol–water partition coefficient (Wildman–Crippen LogP) is 2.65. The van der Waals surface area contributed by atoms with Gasteiger partial charge in [-0.2, -0.15) is 15.1 Å². The van der Waals surface area contributed by atoms with Crippen LogP contribution in [-0.4, -0.2) is 32.3 Å². The van der Waals surface area contributed by atoms with E-state index in [1.807, 2.05) is 18.3 Å². The fraction of sp³-hybridized carbons (Fsp3) is 0.562. The molecular weight excluding hydrogens is 276 g/mol. The first kappa shape index (κ1) is 14.8. The van der Waals surface area contributed by atoms with Gasteiger partial charge in [0.1, 0.15) is 5.82 Å². The topological polar surface area (TPSA) is 72.9 Å². The van der Waals surface area contributed by atoms with Crippen molar-refractivity contribution >= 4 is 11.8 Å². The van der Waals surface area contributed by atoms with E-state index >= 15 is 0 Å². The summed E-state index contributed by atoms with van der Waals surface area (Å²) in [6.07, 6.45) is 8.50. The highest BCUT2D eigenvalue weighted by Gasteiger charge is 2.30. The highest BCUT2D eigenvalue weighted by Crippen LogP contribution is 2.31. The second-order valence-electron chi connectivity index (χ2n) is 6.06. The lowest BCUT2D eigenvalue weighted by molar-refractivity contribution is 0.420. The fourth-order valence-electron chi connectivity index (χ4n) is 3.42. The third kappa shape index (κ3) is 2.91. The highest BCUT2D eigenvalue weighted by atomic mass is 15.3. The zero-order chi connectivity index (χ0) is 15.5. The van der Waals surface area contributed by atoms with E-state index in [1.54, 1.807) is 10.9 Å². The van der Waals surface area contributed by atoms with Crippen LogP contribution in [0.2, 0.25) is 0 Å². The van der Waals surface area contributed by atoms with Gasteiger partial charge >= 0.3 is 0 Å². The van der Waals surface area contributed by atoms with Crippen molar-refractivity contribution in [2.24, 2.45) is 5.92 Å². The Morgan fingerprint density at radius 3 is 2.91 bits per heavy atom. The Morgan fingerprint density at radius 1 is 1.36 bits per heavy atom. The van der Waals surface area contributed by atoms with Crippen LogP contribution in [0.5, 0.6) is 0 Å². The van der Waals surface area contributed by atoms with Gasteiger partial charge in [-0.05, 0) is 31.2 Å². The molecule has 0 saturated carbocycles. The van der Waals surface area contributed by atoms with Gasteiger partial charge in [0, 0.05) is 31.0 Å². The van der Waals surface area contributed by atoms with Crippen LogP contribution < -0.4 is 10.6 Å². The minimum atomic E-state index is 0.303. The number of nitrogens with two attached hydrogens (primary N) is 1. The number of nitrogen functional groups attached to an aromatic ring is 1. The minimum absolute atomic E-state index is 0.303. The molecule has 22 heavy (non-hydrogen) atoms. The van der Waals surface area contributed by atoms with Gasteiger partial charge in [0.25, 0.3) is 0 Å². The Morgan fingerprint density at radius 2 is 2.18 bits per heavy atom. The van der Waals surface area contributed by atoms with Crippen LogP contribution in [0.3, 0.4) is 0 Å². The van der Waals surface area contributed by atoms with Gasteiger partial charge in [-0.3, -0.25) is 0 Å². The summed E-state index contributed by atoms with van der Waals surface area (Å²) in [5, 5.41) is 4.23. The van der Waals surface area contributed by atoms with Gasteiger partial charge in [0.15, 0.2) is 5.82 Å². The first-order valence-corrected chi connectivity index (χ1v) is 8.10. The second kappa shape index (κ2) is 6.34. The van der Waals surface area contributed by atoms with Crippen molar-refractivity contribution < 1.29 is 0 Å². The van der Waals surface area contributed by atoms with Crippen molar-refractivity contribution in [1.82, 2.24) is 19.7 Å². The van der Waals surface area contributed by atoms with Gasteiger partial charge in [0.2, 0.25) is 5.95 Å². The number of hydrogen-bond donors (Lipinski definition) is 1. The molecule has 1 fully saturated rings. The SMILES string of the molecule is CCCC(C)C1CCCN1c1cc(-n2cccn2)nc(N)n1. The quantitative estimate of drug-likeness (QED) is 0.919. The summed E-state index contributed by atoms with van der Waals surface area (Å²) >= 11 is 0. The molecule has 3 heterocycles. The molecule has 1 aliphatic heterocycles. The molecule has 0 aromatic carbocycles. The Bertz CT molecular complexity index is 609. The Hall–Kier alpha value is -2.11. The molecule has 0 aliphatic carbocycles. The lowest BCUT2D eigenvalue weighted by Crippen LogP contribution is -2.35. The molecule has 1 aliphatic rings. The summed E-state index contributed by atoms with van der Waals surface area (Å²) in [6.45, 7) is 5.62. The van der Waals surface area contributed by atoms with Crippen molar-refractivity contribution in [3.05, 3.63) is 24.5 Å². The van der Waals surface area contributed by atoms with Gasteiger partial charge in [0.05, 0.1) is 0 Å². The standard InChI is InChI=1S/C16H24N6/c1-3-6-12(2)13-7-4-9-21(13)14-11-15(20-16(17)19-14)22-10-5-8-18-22/h5,8,10-13H,3-4,6-7,9H2,1-2H3,(H2,17,19,20). The lowest BCUT2D eigenvalue weighted by atomic mass is 9.95. The minimum Gasteiger partial charge on any atom is -0.368 e. The molecule has 0 bridgehead atoms. The van der Waals surface area contributed by atoms with Crippen LogP contribution in [0.15, 0.2) is 24.5 Å². The zero-order valence-corrected chi connectivity index (χ0v) is 13.3. The largest absolute Gasteiger partial charge is 0.368 e. The van der Waals surface area contributed by atoms with Crippen LogP contribution in [0, 0.1) is 5.92 Å². The molecule has 118 valence electrons. The summed E-state index contributed by atoms with van der Waals surface area (Å²) in [5.74, 6) is 2.61. The molecule has 1 saturated heterocycles. The summed E-state index contributed by atoms with van der Waals surface area (Å²) in [6, 6.07) is 4.40. The molecule has 0 amide bonds. The monoisotopic (exact) mass is 300 g/mol. The Kier molecular flexibility index (Phi) is 4.27. The van der Waals surface area contributed by atoms with Crippen molar-refractivity contribution in [2.45, 2.75) is 45.6 Å². The third-order valence-corrected chi connectivity index (χ3v) is 4.45. The molecule has 2 aromatic heterocycles. The smallest absolute Gasteiger partial charge is 0.224 e. The van der Waals surface area contributed by atoms with Crippen molar-refractivity contribution in [2.75, 3.05) is 17.2 Å². The molecule has 6 nitrogen and oxygen atoms in total. The third-order valence-electron chi connectivity index (χ3n) is 4.45. The summed E-state index contributed by atoms with van der Waals surface area (Å²) in [5.41, 5.74) is 5.92. The van der Waals surface area contributed by atoms with Gasteiger partial charge < -0.3 is 10.6 Å². The first-order chi connectivity index (χ1) is 10.7. The predicted molar refractivity (Wildman–Crippen MR) is 88.0 cm³/mol. The molecule has 6 heteroatoms. The first-order valence-electron chi connectivity index (χ1n) is 8.10. The van der Waals surface area contributed by atoms with E-state index in [0.29, 0.717) is 17.9 Å². The van der Waals surface area contributed by atoms with Crippen LogP contribution in [0.1, 0.15) is 39.5 Å². The summed E-state index contributed by atoms with van der Waals surface area (Å²) < 4.78 is 1.72. The Labute approximate surface area is 131 Å². The van der Waals surface area contributed by atoms with E-state index in [9.17, 15) is 0 Å². The number of nitrogens with zero attached hydrogens (tertiary/aromatic N) is 5. The lowest BCUT2D eigenvalue weighted by Gasteiger charge is -2.30. The van der Waals surface area contributed by atoms with E-state index in [1.165, 1.54) is 25.7 Å². The molecule has 0 radical (unpaired) electrons. The summed E-state index contributed by atoms with van der Waals surface area (Å²) in [7, 11) is 0. The maximum absolute atomic E-state index is 5.92. The van der Waals surface area contributed by atoms with Crippen molar-refractivity contribution in [3.63, 3.8) is 0 Å². The average Bonchev–Trinajstić information content (AvgIpc) is 3.18. The van der Waals surface area contributed by atoms with Crippen LogP contribution in [-0.2, 0) is 0 Å². The van der Waals surface area contributed by atoms with E-state index < -0.39 is 0 Å². The molecule has 2 aromatic rings. The van der Waals surface area contributed by atoms with Crippen LogP contribution >= 0.6 is 0 Å². The van der Waals surface area contributed by atoms with E-state index in [2.05, 4.69) is 33.8 Å². The van der Waals surface area contributed by atoms with Crippen molar-refractivity contribution in [1.29, 1.82) is 0 Å². The number of aromatic nitrogens is 4. The molecule has 3 rings (SSSR count). The number of rotatable bonds is 5. The molecule has 2 unspecified atom stereocenters. The molecular formula is C16H24N6. The van der Waals surface area contributed by atoms with Gasteiger partial charge in [-0.25, -0.2) is 4.68 Å². The Balaban J connectivity index is 1.90. The zero-order valence-electron chi connectivity index (χ0n) is 13.3. The van der Waals surface area contributed by atoms with E-state index in [0.717, 1.165) is 18.2 Å². The van der Waals surface area contributed by atoms with Gasteiger partial charge in [-0.1, -0.05) is 20.3 Å². The number of hydrogen-bond acceptors (Lipinski definition) is 5. The normalized spacial score (nSPS) is 19.5. The summed E-state index contributed by atoms with van der Waals surface area (Å²) in [4.78, 5) is 11.2. The molecule has 2 N–H and O–H groups in total. The van der Waals surface area contributed by atoms with E-state index in [4.69, 9.17) is 5.73 Å². The second-order valence-corrected chi connectivity index (χ2v) is 6.06. The van der Waals surface area contributed by atoms with Crippen molar-refractivity contribution in [3.8, 4) is 5.82 Å².